The van der Waals surface area contributed by atoms with Gasteiger partial charge in [-0.05, 0) is 94.1 Å². The average molecular weight is 694 g/mol. The predicted octanol–water partition coefficient (Wildman–Crippen LogP) is 11.8. The zero-order valence-electron chi connectivity index (χ0n) is 29.5. The molecule has 5 nitrogen and oxygen atoms in total. The third-order valence-electron chi connectivity index (χ3n) is 10.4. The quantitative estimate of drug-likeness (QED) is 0.156. The van der Waals surface area contributed by atoms with Gasteiger partial charge in [-0.1, -0.05) is 121 Å². The summed E-state index contributed by atoms with van der Waals surface area (Å²) >= 11 is 0. The molecule has 0 saturated carbocycles. The van der Waals surface area contributed by atoms with E-state index >= 15 is 0 Å². The largest absolute Gasteiger partial charge is 0.321 e. The smallest absolute Gasteiger partial charge is 0.137 e. The van der Waals surface area contributed by atoms with Crippen LogP contribution in [0.3, 0.4) is 0 Å². The van der Waals surface area contributed by atoms with Crippen LogP contribution in [0.2, 0.25) is 0 Å². The minimum atomic E-state index is 0.709. The lowest BCUT2D eigenvalue weighted by Crippen LogP contribution is -2.23. The second-order valence-electron chi connectivity index (χ2n) is 13.5. The molecular weight excluding hydrogens is 659 g/mol. The molecule has 5 heteroatoms. The number of para-hydroxylation sites is 3. The minimum absolute atomic E-state index is 0.709. The van der Waals surface area contributed by atoms with Crippen molar-refractivity contribution in [3.8, 4) is 5.82 Å². The summed E-state index contributed by atoms with van der Waals surface area (Å²) in [4.78, 5) is 14.1. The van der Waals surface area contributed by atoms with E-state index in [1.807, 2.05) is 30.7 Å². The normalized spacial score (nSPS) is 12.3. The Labute approximate surface area is 314 Å². The van der Waals surface area contributed by atoms with Gasteiger partial charge in [-0.3, -0.25) is 9.55 Å². The van der Waals surface area contributed by atoms with E-state index in [-0.39, 0.29) is 0 Å². The minimum Gasteiger partial charge on any atom is -0.321 e. The number of rotatable bonds is 7. The average Bonchev–Trinajstić information content (AvgIpc) is 3.80. The van der Waals surface area contributed by atoms with Gasteiger partial charge >= 0.3 is 0 Å². The lowest BCUT2D eigenvalue weighted by atomic mass is 9.85. The Morgan fingerprint density at radius 2 is 1.00 bits per heavy atom. The van der Waals surface area contributed by atoms with Crippen LogP contribution in [0.4, 0.5) is 22.7 Å². The van der Waals surface area contributed by atoms with Crippen molar-refractivity contribution in [2.45, 2.75) is 0 Å². The van der Waals surface area contributed by atoms with Gasteiger partial charge in [0.1, 0.15) is 12.5 Å². The molecule has 0 amide bonds. The van der Waals surface area contributed by atoms with Crippen LogP contribution in [0.15, 0.2) is 201 Å². The molecule has 0 atom stereocenters. The van der Waals surface area contributed by atoms with Crippen molar-refractivity contribution in [2.24, 2.45) is 0 Å². The lowest BCUT2D eigenvalue weighted by molar-refractivity contribution is 0.991. The highest BCUT2D eigenvalue weighted by atomic mass is 15.4. The molecule has 0 spiro atoms. The molecule has 0 bridgehead atoms. The molecule has 3 aromatic heterocycles. The maximum atomic E-state index is 4.80. The number of hydrogen-bond acceptors (Lipinski definition) is 4. The summed E-state index contributed by atoms with van der Waals surface area (Å²) in [6.07, 6.45) is 5.66. The number of hydrogen-bond donors (Lipinski definition) is 0. The van der Waals surface area contributed by atoms with E-state index in [4.69, 9.17) is 4.98 Å². The summed E-state index contributed by atoms with van der Waals surface area (Å²) in [6, 6.07) is 64.9. The number of pyridine rings is 2. The molecule has 0 N–H and O–H groups in total. The number of benzene rings is 6. The van der Waals surface area contributed by atoms with Crippen molar-refractivity contribution in [1.82, 2.24) is 14.5 Å². The van der Waals surface area contributed by atoms with E-state index in [0.717, 1.165) is 61.1 Å². The topological polar surface area (TPSA) is 37.2 Å². The summed E-state index contributed by atoms with van der Waals surface area (Å²) < 4.78 is 2.24. The van der Waals surface area contributed by atoms with E-state index in [9.17, 15) is 0 Å². The molecule has 4 heterocycles. The second-order valence-corrected chi connectivity index (χ2v) is 13.5. The summed E-state index contributed by atoms with van der Waals surface area (Å²) in [5.41, 5.74) is 13.7. The van der Waals surface area contributed by atoms with E-state index in [2.05, 4.69) is 189 Å². The summed E-state index contributed by atoms with van der Waals surface area (Å²) in [6.45, 7) is 0.709. The Balaban J connectivity index is 1.22. The number of nitrogens with zero attached hydrogens (tertiary/aromatic N) is 5. The van der Waals surface area contributed by atoms with Gasteiger partial charge in [-0.25, -0.2) is 4.98 Å². The van der Waals surface area contributed by atoms with Crippen LogP contribution in [0.5, 0.6) is 0 Å². The predicted molar refractivity (Wildman–Crippen MR) is 223 cm³/mol. The van der Waals surface area contributed by atoms with Gasteiger partial charge in [0.15, 0.2) is 0 Å². The third-order valence-corrected chi connectivity index (χ3v) is 10.4. The van der Waals surface area contributed by atoms with E-state index < -0.39 is 0 Å². The van der Waals surface area contributed by atoms with Gasteiger partial charge < -0.3 is 9.80 Å². The molecule has 9 aromatic rings. The fourth-order valence-corrected chi connectivity index (χ4v) is 7.97. The Kier molecular flexibility index (Phi) is 7.81. The van der Waals surface area contributed by atoms with Crippen LogP contribution < -0.4 is 9.80 Å². The second kappa shape index (κ2) is 13.4. The van der Waals surface area contributed by atoms with Crippen molar-refractivity contribution in [3.63, 3.8) is 0 Å². The molecule has 54 heavy (non-hydrogen) atoms. The molecule has 1 aliphatic rings. The maximum absolute atomic E-state index is 4.80. The van der Waals surface area contributed by atoms with Crippen molar-refractivity contribution in [3.05, 3.63) is 223 Å². The standard InChI is InChI=1S/C49H35N5/c1-4-15-35(16-5-1)48(36-17-6-2-7-18-36)49(38-26-27-41-42-28-30-50-33-46(42)54(45(41)32-38)47-25-12-13-29-51-47)37-19-14-22-40(31-37)53-34-52(39-20-8-3-9-21-39)43-23-10-11-24-44(43)53/h1-33H,34H2. The molecule has 10 rings (SSSR count). The van der Waals surface area contributed by atoms with Crippen molar-refractivity contribution >= 4 is 55.7 Å². The Morgan fingerprint density at radius 1 is 0.426 bits per heavy atom. The summed E-state index contributed by atoms with van der Waals surface area (Å²) in [5, 5.41) is 2.30. The molecule has 1 aliphatic heterocycles. The first kappa shape index (κ1) is 31.5. The Hall–Kier alpha value is -7.24. The van der Waals surface area contributed by atoms with Crippen LogP contribution in [-0.2, 0) is 0 Å². The first-order chi connectivity index (χ1) is 26.8. The zero-order chi connectivity index (χ0) is 35.8. The zero-order valence-corrected chi connectivity index (χ0v) is 29.5. The highest BCUT2D eigenvalue weighted by Crippen LogP contribution is 2.46. The van der Waals surface area contributed by atoms with Crippen LogP contribution in [-0.4, -0.2) is 21.2 Å². The van der Waals surface area contributed by atoms with Crippen molar-refractivity contribution < 1.29 is 0 Å². The molecular formula is C49H35N5. The fourth-order valence-electron chi connectivity index (χ4n) is 7.97. The fraction of sp³-hybridized carbons (Fsp3) is 0.0204. The summed E-state index contributed by atoms with van der Waals surface area (Å²) in [7, 11) is 0. The molecule has 256 valence electrons. The molecule has 0 saturated heterocycles. The highest BCUT2D eigenvalue weighted by molar-refractivity contribution is 6.12. The summed E-state index contributed by atoms with van der Waals surface area (Å²) in [5.74, 6) is 0.859. The van der Waals surface area contributed by atoms with E-state index in [0.29, 0.717) is 6.67 Å². The first-order valence-electron chi connectivity index (χ1n) is 18.3. The number of aromatic nitrogens is 3. The molecule has 6 aromatic carbocycles. The van der Waals surface area contributed by atoms with Gasteiger partial charge in [-0.15, -0.1) is 0 Å². The first-order valence-corrected chi connectivity index (χ1v) is 18.3. The molecule has 0 unspecified atom stereocenters. The molecule has 0 radical (unpaired) electrons. The number of fused-ring (bicyclic) bond motifs is 4. The van der Waals surface area contributed by atoms with Gasteiger partial charge in [0.05, 0.1) is 28.6 Å². The lowest BCUT2D eigenvalue weighted by Gasteiger charge is -2.24. The number of anilines is 4. The third kappa shape index (κ3) is 5.42. The van der Waals surface area contributed by atoms with Gasteiger partial charge in [0.25, 0.3) is 0 Å². The van der Waals surface area contributed by atoms with Gasteiger partial charge in [0, 0.05) is 34.5 Å². The van der Waals surface area contributed by atoms with Gasteiger partial charge in [0.2, 0.25) is 0 Å². The molecule has 0 fully saturated rings. The van der Waals surface area contributed by atoms with Crippen molar-refractivity contribution in [1.29, 1.82) is 0 Å². The SMILES string of the molecule is c1ccc(C(=C(c2cccc(N3CN(c4ccccc4)c4ccccc43)c2)c2ccc3c4ccncc4n(-c4ccccn4)c3c2)c2ccccc2)cc1. The highest BCUT2D eigenvalue weighted by Gasteiger charge is 2.28. The van der Waals surface area contributed by atoms with E-state index in [1.54, 1.807) is 0 Å². The maximum Gasteiger partial charge on any atom is 0.137 e. The van der Waals surface area contributed by atoms with Gasteiger partial charge in [-0.2, -0.15) is 0 Å². The van der Waals surface area contributed by atoms with Crippen LogP contribution in [0.25, 0.3) is 38.8 Å². The Morgan fingerprint density at radius 3 is 1.70 bits per heavy atom. The van der Waals surface area contributed by atoms with Crippen LogP contribution >= 0.6 is 0 Å². The van der Waals surface area contributed by atoms with Crippen LogP contribution in [0.1, 0.15) is 22.3 Å². The Bertz CT molecular complexity index is 2750. The van der Waals surface area contributed by atoms with E-state index in [1.165, 1.54) is 22.6 Å². The molecule has 0 aliphatic carbocycles. The monoisotopic (exact) mass is 693 g/mol. The van der Waals surface area contributed by atoms with Crippen molar-refractivity contribution in [2.75, 3.05) is 16.5 Å². The van der Waals surface area contributed by atoms with Crippen LogP contribution in [0, 0.1) is 0 Å².